The number of hydrogen-bond acceptors (Lipinski definition) is 3. The third kappa shape index (κ3) is 4.74. The molecule has 0 atom stereocenters. The third-order valence-electron chi connectivity index (χ3n) is 1.89. The molecule has 0 heterocycles. The molecule has 1 N–H and O–H groups in total. The molecule has 4 heteroatoms. The lowest BCUT2D eigenvalue weighted by atomic mass is 10.2. The SMILES string of the molecule is COc1cccc(CCSCC(=O)O)c1. The first-order valence-corrected chi connectivity index (χ1v) is 5.80. The average Bonchev–Trinajstić information content (AvgIpc) is 2.24. The van der Waals surface area contributed by atoms with Crippen LogP contribution in [-0.2, 0) is 11.2 Å². The first kappa shape index (κ1) is 11.9. The zero-order chi connectivity index (χ0) is 11.1. The molecule has 0 bridgehead atoms. The number of carboxylic acid groups (broad SMARTS) is 1. The van der Waals surface area contributed by atoms with Crippen molar-refractivity contribution >= 4 is 17.7 Å². The molecule has 0 radical (unpaired) electrons. The van der Waals surface area contributed by atoms with E-state index in [-0.39, 0.29) is 5.75 Å². The summed E-state index contributed by atoms with van der Waals surface area (Å²) < 4.78 is 5.10. The van der Waals surface area contributed by atoms with E-state index in [4.69, 9.17) is 9.84 Å². The average molecular weight is 226 g/mol. The summed E-state index contributed by atoms with van der Waals surface area (Å²) in [5.41, 5.74) is 1.17. The lowest BCUT2D eigenvalue weighted by molar-refractivity contribution is -0.133. The van der Waals surface area contributed by atoms with Gasteiger partial charge in [0.05, 0.1) is 12.9 Å². The summed E-state index contributed by atoms with van der Waals surface area (Å²) in [6.07, 6.45) is 0.870. The standard InChI is InChI=1S/C11H14O3S/c1-14-10-4-2-3-9(7-10)5-6-15-8-11(12)13/h2-4,7H,5-6,8H2,1H3,(H,12,13). The number of aryl methyl sites for hydroxylation is 1. The van der Waals surface area contributed by atoms with Gasteiger partial charge in [-0.2, -0.15) is 0 Å². The Morgan fingerprint density at radius 2 is 2.33 bits per heavy atom. The zero-order valence-corrected chi connectivity index (χ0v) is 9.42. The molecule has 0 aliphatic carbocycles. The first-order chi connectivity index (χ1) is 7.22. The highest BCUT2D eigenvalue weighted by atomic mass is 32.2. The summed E-state index contributed by atoms with van der Waals surface area (Å²) in [7, 11) is 1.64. The first-order valence-electron chi connectivity index (χ1n) is 4.65. The topological polar surface area (TPSA) is 46.5 Å². The van der Waals surface area contributed by atoms with Crippen molar-refractivity contribution in [3.63, 3.8) is 0 Å². The van der Waals surface area contributed by atoms with Gasteiger partial charge in [0.15, 0.2) is 0 Å². The number of thioether (sulfide) groups is 1. The van der Waals surface area contributed by atoms with E-state index >= 15 is 0 Å². The highest BCUT2D eigenvalue weighted by molar-refractivity contribution is 7.99. The second-order valence-electron chi connectivity index (χ2n) is 3.05. The molecule has 15 heavy (non-hydrogen) atoms. The van der Waals surface area contributed by atoms with Gasteiger partial charge in [0.1, 0.15) is 5.75 Å². The maximum absolute atomic E-state index is 10.3. The summed E-state index contributed by atoms with van der Waals surface area (Å²) in [5.74, 6) is 1.07. The van der Waals surface area contributed by atoms with E-state index in [0.29, 0.717) is 0 Å². The monoisotopic (exact) mass is 226 g/mol. The minimum atomic E-state index is -0.759. The van der Waals surface area contributed by atoms with Crippen LogP contribution in [0.2, 0.25) is 0 Å². The second-order valence-corrected chi connectivity index (χ2v) is 4.15. The largest absolute Gasteiger partial charge is 0.497 e. The molecule has 0 amide bonds. The summed E-state index contributed by atoms with van der Waals surface area (Å²) >= 11 is 1.43. The number of benzene rings is 1. The van der Waals surface area contributed by atoms with Crippen LogP contribution in [0.5, 0.6) is 5.75 Å². The predicted molar refractivity (Wildman–Crippen MR) is 61.7 cm³/mol. The lowest BCUT2D eigenvalue weighted by Gasteiger charge is -2.03. The Labute approximate surface area is 93.4 Å². The van der Waals surface area contributed by atoms with Crippen molar-refractivity contribution in [2.24, 2.45) is 0 Å². The van der Waals surface area contributed by atoms with Gasteiger partial charge >= 0.3 is 5.97 Å². The zero-order valence-electron chi connectivity index (χ0n) is 8.60. The molecule has 0 saturated heterocycles. The van der Waals surface area contributed by atoms with E-state index in [9.17, 15) is 4.79 Å². The van der Waals surface area contributed by atoms with Crippen LogP contribution in [0.3, 0.4) is 0 Å². The quantitative estimate of drug-likeness (QED) is 0.754. The second kappa shape index (κ2) is 6.35. The van der Waals surface area contributed by atoms with Crippen LogP contribution in [0.25, 0.3) is 0 Å². The molecule has 1 aromatic rings. The van der Waals surface area contributed by atoms with Crippen LogP contribution < -0.4 is 4.74 Å². The number of methoxy groups -OCH3 is 1. The minimum absolute atomic E-state index is 0.171. The van der Waals surface area contributed by atoms with Crippen molar-refractivity contribution < 1.29 is 14.6 Å². The third-order valence-corrected chi connectivity index (χ3v) is 2.84. The van der Waals surface area contributed by atoms with Crippen LogP contribution in [0.4, 0.5) is 0 Å². The van der Waals surface area contributed by atoms with Crippen molar-refractivity contribution in [3.8, 4) is 5.75 Å². The Balaban J connectivity index is 2.33. The van der Waals surface area contributed by atoms with Crippen LogP contribution in [0.1, 0.15) is 5.56 Å². The van der Waals surface area contributed by atoms with Crippen molar-refractivity contribution in [2.75, 3.05) is 18.6 Å². The van der Waals surface area contributed by atoms with Crippen molar-refractivity contribution in [1.82, 2.24) is 0 Å². The lowest BCUT2D eigenvalue weighted by Crippen LogP contribution is -2.00. The Morgan fingerprint density at radius 3 is 3.00 bits per heavy atom. The summed E-state index contributed by atoms with van der Waals surface area (Å²) in [6, 6.07) is 7.83. The number of rotatable bonds is 6. The van der Waals surface area contributed by atoms with Gasteiger partial charge in [-0.25, -0.2) is 0 Å². The number of hydrogen-bond donors (Lipinski definition) is 1. The van der Waals surface area contributed by atoms with Gasteiger partial charge in [-0.15, -0.1) is 11.8 Å². The Morgan fingerprint density at radius 1 is 1.53 bits per heavy atom. The Kier molecular flexibility index (Phi) is 5.04. The number of carbonyl (C=O) groups is 1. The van der Waals surface area contributed by atoms with Crippen LogP contribution in [-0.4, -0.2) is 29.7 Å². The highest BCUT2D eigenvalue weighted by Crippen LogP contribution is 2.14. The molecule has 0 aliphatic heterocycles. The van der Waals surface area contributed by atoms with Crippen molar-refractivity contribution in [3.05, 3.63) is 29.8 Å². The molecule has 0 fully saturated rings. The fourth-order valence-corrected chi connectivity index (χ4v) is 1.88. The van der Waals surface area contributed by atoms with Gasteiger partial charge < -0.3 is 9.84 Å². The molecular formula is C11H14O3S. The summed E-state index contributed by atoms with van der Waals surface area (Å²) in [4.78, 5) is 10.3. The van der Waals surface area contributed by atoms with Crippen LogP contribution in [0.15, 0.2) is 24.3 Å². The number of aliphatic carboxylic acids is 1. The summed E-state index contributed by atoms with van der Waals surface area (Å²) in [5, 5.41) is 8.45. The van der Waals surface area contributed by atoms with Crippen molar-refractivity contribution in [2.45, 2.75) is 6.42 Å². The van der Waals surface area contributed by atoms with Gasteiger partial charge in [0.2, 0.25) is 0 Å². The molecule has 0 unspecified atom stereocenters. The normalized spacial score (nSPS) is 9.93. The summed E-state index contributed by atoms with van der Waals surface area (Å²) in [6.45, 7) is 0. The van der Waals surface area contributed by atoms with E-state index in [1.54, 1.807) is 7.11 Å². The van der Waals surface area contributed by atoms with E-state index in [0.717, 1.165) is 17.9 Å². The fourth-order valence-electron chi connectivity index (χ4n) is 1.18. The number of carboxylic acids is 1. The maximum atomic E-state index is 10.3. The van der Waals surface area contributed by atoms with Gasteiger partial charge in [-0.05, 0) is 29.9 Å². The fraction of sp³-hybridized carbons (Fsp3) is 0.364. The van der Waals surface area contributed by atoms with E-state index in [2.05, 4.69) is 0 Å². The predicted octanol–water partition coefficient (Wildman–Crippen LogP) is 2.06. The van der Waals surface area contributed by atoms with Gasteiger partial charge in [0.25, 0.3) is 0 Å². The molecule has 0 saturated carbocycles. The van der Waals surface area contributed by atoms with E-state index < -0.39 is 5.97 Å². The Hall–Kier alpha value is -1.16. The van der Waals surface area contributed by atoms with E-state index in [1.807, 2.05) is 24.3 Å². The molecule has 1 rings (SSSR count). The molecular weight excluding hydrogens is 212 g/mol. The van der Waals surface area contributed by atoms with Gasteiger partial charge in [0, 0.05) is 0 Å². The molecule has 0 aromatic heterocycles. The van der Waals surface area contributed by atoms with E-state index in [1.165, 1.54) is 17.3 Å². The van der Waals surface area contributed by atoms with Crippen LogP contribution in [0, 0.1) is 0 Å². The molecule has 0 spiro atoms. The molecule has 1 aromatic carbocycles. The highest BCUT2D eigenvalue weighted by Gasteiger charge is 1.99. The van der Waals surface area contributed by atoms with Gasteiger partial charge in [-0.1, -0.05) is 12.1 Å². The molecule has 0 aliphatic rings. The molecule has 82 valence electrons. The van der Waals surface area contributed by atoms with Crippen LogP contribution >= 0.6 is 11.8 Å². The Bertz CT molecular complexity index is 325. The molecule has 3 nitrogen and oxygen atoms in total. The smallest absolute Gasteiger partial charge is 0.313 e. The van der Waals surface area contributed by atoms with Crippen molar-refractivity contribution in [1.29, 1.82) is 0 Å². The minimum Gasteiger partial charge on any atom is -0.497 e. The number of ether oxygens (including phenoxy) is 1. The van der Waals surface area contributed by atoms with Gasteiger partial charge in [-0.3, -0.25) is 4.79 Å². The maximum Gasteiger partial charge on any atom is 0.313 e.